The molecule has 0 aliphatic heterocycles. The number of nitrogen functional groups attached to an aromatic ring is 1. The molecule has 7 heteroatoms. The molecule has 3 nitrogen and oxygen atoms in total. The minimum atomic E-state index is -0.784. The van der Waals surface area contributed by atoms with Gasteiger partial charge in [0.15, 0.2) is 5.82 Å². The first-order valence-electron chi connectivity index (χ1n) is 5.59. The summed E-state index contributed by atoms with van der Waals surface area (Å²) in [6.45, 7) is 0. The summed E-state index contributed by atoms with van der Waals surface area (Å²) in [5, 5.41) is 2.73. The minimum absolute atomic E-state index is 0.0191. The Morgan fingerprint density at radius 3 is 2.80 bits per heavy atom. The van der Waals surface area contributed by atoms with E-state index in [9.17, 15) is 8.78 Å². The van der Waals surface area contributed by atoms with Gasteiger partial charge in [0, 0.05) is 6.07 Å². The number of aromatic nitrogens is 1. The van der Waals surface area contributed by atoms with E-state index in [1.807, 2.05) is 6.07 Å². The van der Waals surface area contributed by atoms with Crippen LogP contribution in [0.15, 0.2) is 29.8 Å². The van der Waals surface area contributed by atoms with Crippen molar-refractivity contribution >= 4 is 50.2 Å². The van der Waals surface area contributed by atoms with Crippen molar-refractivity contribution in [2.75, 3.05) is 11.1 Å². The summed E-state index contributed by atoms with van der Waals surface area (Å²) in [6.07, 6.45) is 0. The maximum Gasteiger partial charge on any atom is 0.151 e. The summed E-state index contributed by atoms with van der Waals surface area (Å²) >= 11 is 7.29. The second-order valence-corrected chi connectivity index (χ2v) is 5.39. The Balaban J connectivity index is 2.07. The van der Waals surface area contributed by atoms with E-state index in [1.165, 1.54) is 11.3 Å². The predicted molar refractivity (Wildman–Crippen MR) is 78.7 cm³/mol. The van der Waals surface area contributed by atoms with Gasteiger partial charge in [0.05, 0.1) is 32.3 Å². The van der Waals surface area contributed by atoms with E-state index in [1.54, 1.807) is 11.6 Å². The fourth-order valence-electron chi connectivity index (χ4n) is 1.86. The molecule has 0 amide bonds. The smallest absolute Gasteiger partial charge is 0.151 e. The van der Waals surface area contributed by atoms with Gasteiger partial charge in [-0.2, -0.15) is 0 Å². The largest absolute Gasteiger partial charge is 0.395 e. The molecule has 0 spiro atoms. The van der Waals surface area contributed by atoms with Gasteiger partial charge in [0.2, 0.25) is 0 Å². The van der Waals surface area contributed by atoms with E-state index in [2.05, 4.69) is 10.3 Å². The third kappa shape index (κ3) is 2.17. The van der Waals surface area contributed by atoms with E-state index in [4.69, 9.17) is 17.3 Å². The molecular weight excluding hydrogens is 304 g/mol. The van der Waals surface area contributed by atoms with Crippen molar-refractivity contribution in [2.24, 2.45) is 0 Å². The van der Waals surface area contributed by atoms with E-state index in [0.717, 1.165) is 16.8 Å². The topological polar surface area (TPSA) is 50.9 Å². The van der Waals surface area contributed by atoms with Crippen LogP contribution in [0.1, 0.15) is 0 Å². The maximum atomic E-state index is 13.7. The summed E-state index contributed by atoms with van der Waals surface area (Å²) in [5.41, 5.74) is 9.14. The fraction of sp³-hybridized carbons (Fsp3) is 0. The SMILES string of the molecule is Nc1c(Nc2c(F)cc(F)cc2Cl)ccc2scnc12. The molecule has 0 saturated carbocycles. The number of hydrogen-bond donors (Lipinski definition) is 2. The van der Waals surface area contributed by atoms with Crippen LogP contribution < -0.4 is 11.1 Å². The quantitative estimate of drug-likeness (QED) is 0.682. The van der Waals surface area contributed by atoms with Gasteiger partial charge in [-0.3, -0.25) is 0 Å². The first-order valence-corrected chi connectivity index (χ1v) is 6.85. The number of halogens is 3. The van der Waals surface area contributed by atoms with Gasteiger partial charge >= 0.3 is 0 Å². The van der Waals surface area contributed by atoms with Crippen LogP contribution in [0.25, 0.3) is 10.2 Å². The van der Waals surface area contributed by atoms with Crippen LogP contribution in [-0.4, -0.2) is 4.98 Å². The van der Waals surface area contributed by atoms with Crippen LogP contribution in [0, 0.1) is 11.6 Å². The van der Waals surface area contributed by atoms with Gasteiger partial charge in [0.1, 0.15) is 11.3 Å². The van der Waals surface area contributed by atoms with E-state index < -0.39 is 11.6 Å². The monoisotopic (exact) mass is 311 g/mol. The molecular formula is C13H8ClF2N3S. The van der Waals surface area contributed by atoms with E-state index in [0.29, 0.717) is 16.9 Å². The zero-order valence-corrected chi connectivity index (χ0v) is 11.5. The van der Waals surface area contributed by atoms with Crippen LogP contribution in [0.4, 0.5) is 25.8 Å². The lowest BCUT2D eigenvalue weighted by Gasteiger charge is -2.12. The molecule has 1 heterocycles. The zero-order chi connectivity index (χ0) is 14.3. The maximum absolute atomic E-state index is 13.7. The molecule has 102 valence electrons. The number of fused-ring (bicyclic) bond motifs is 1. The molecule has 0 saturated heterocycles. The molecule has 0 unspecified atom stereocenters. The second kappa shape index (κ2) is 4.88. The molecule has 0 aliphatic carbocycles. The Morgan fingerprint density at radius 2 is 2.05 bits per heavy atom. The summed E-state index contributed by atoms with van der Waals surface area (Å²) in [5.74, 6) is -1.52. The van der Waals surface area contributed by atoms with Crippen molar-refractivity contribution in [3.63, 3.8) is 0 Å². The molecule has 0 atom stereocenters. The number of thiazole rings is 1. The Labute approximate surface area is 122 Å². The highest BCUT2D eigenvalue weighted by Gasteiger charge is 2.13. The third-order valence-electron chi connectivity index (χ3n) is 2.81. The molecule has 1 aromatic heterocycles. The lowest BCUT2D eigenvalue weighted by molar-refractivity contribution is 0.586. The number of hydrogen-bond acceptors (Lipinski definition) is 4. The van der Waals surface area contributed by atoms with Crippen molar-refractivity contribution in [1.82, 2.24) is 4.98 Å². The van der Waals surface area contributed by atoms with Gasteiger partial charge in [-0.25, -0.2) is 13.8 Å². The fourth-order valence-corrected chi connectivity index (χ4v) is 2.79. The first kappa shape index (κ1) is 13.1. The average molecular weight is 312 g/mol. The Bertz CT molecular complexity index is 780. The predicted octanol–water partition coefficient (Wildman–Crippen LogP) is 4.55. The number of nitrogens with two attached hydrogens (primary N) is 1. The molecule has 0 aliphatic rings. The number of anilines is 3. The number of benzene rings is 2. The van der Waals surface area contributed by atoms with E-state index >= 15 is 0 Å². The van der Waals surface area contributed by atoms with Gasteiger partial charge in [0.25, 0.3) is 0 Å². The van der Waals surface area contributed by atoms with Crippen LogP contribution >= 0.6 is 22.9 Å². The highest BCUT2D eigenvalue weighted by molar-refractivity contribution is 7.16. The minimum Gasteiger partial charge on any atom is -0.395 e. The highest BCUT2D eigenvalue weighted by Crippen LogP contribution is 2.35. The van der Waals surface area contributed by atoms with Crippen LogP contribution in [0.5, 0.6) is 0 Å². The van der Waals surface area contributed by atoms with Crippen LogP contribution in [-0.2, 0) is 0 Å². The normalized spacial score (nSPS) is 10.9. The van der Waals surface area contributed by atoms with Crippen LogP contribution in [0.3, 0.4) is 0 Å². The number of rotatable bonds is 2. The lowest BCUT2D eigenvalue weighted by atomic mass is 10.2. The summed E-state index contributed by atoms with van der Waals surface area (Å²) in [7, 11) is 0. The second-order valence-electron chi connectivity index (χ2n) is 4.10. The Morgan fingerprint density at radius 1 is 1.25 bits per heavy atom. The van der Waals surface area contributed by atoms with E-state index in [-0.39, 0.29) is 10.7 Å². The first-order chi connectivity index (χ1) is 9.56. The molecule has 3 N–H and O–H groups in total. The number of nitrogens with zero attached hydrogens (tertiary/aromatic N) is 1. The average Bonchev–Trinajstić information content (AvgIpc) is 2.85. The van der Waals surface area contributed by atoms with Crippen LogP contribution in [0.2, 0.25) is 5.02 Å². The molecule has 3 rings (SSSR count). The molecule has 2 aromatic carbocycles. The molecule has 0 fully saturated rings. The van der Waals surface area contributed by atoms with Crippen molar-refractivity contribution in [3.05, 3.63) is 46.4 Å². The van der Waals surface area contributed by atoms with Crippen molar-refractivity contribution in [1.29, 1.82) is 0 Å². The van der Waals surface area contributed by atoms with Crippen molar-refractivity contribution < 1.29 is 8.78 Å². The standard InChI is InChI=1S/C13H8ClF2N3S/c14-7-3-6(15)4-8(16)12(7)19-9-1-2-10-13(11(9)17)18-5-20-10/h1-5,19H,17H2. The summed E-state index contributed by atoms with van der Waals surface area (Å²) < 4.78 is 27.7. The number of nitrogens with one attached hydrogen (secondary N) is 1. The van der Waals surface area contributed by atoms with Gasteiger partial charge in [-0.15, -0.1) is 11.3 Å². The molecule has 0 bridgehead atoms. The summed E-state index contributed by atoms with van der Waals surface area (Å²) in [6, 6.07) is 5.31. The van der Waals surface area contributed by atoms with Gasteiger partial charge in [-0.1, -0.05) is 11.6 Å². The molecule has 20 heavy (non-hydrogen) atoms. The van der Waals surface area contributed by atoms with Gasteiger partial charge in [-0.05, 0) is 18.2 Å². The zero-order valence-electron chi connectivity index (χ0n) is 9.95. The third-order valence-corrected chi connectivity index (χ3v) is 3.90. The Hall–Kier alpha value is -1.92. The summed E-state index contributed by atoms with van der Waals surface area (Å²) in [4.78, 5) is 4.15. The molecule has 3 aromatic rings. The van der Waals surface area contributed by atoms with Crippen molar-refractivity contribution in [3.8, 4) is 0 Å². The Kier molecular flexibility index (Phi) is 3.19. The molecule has 0 radical (unpaired) electrons. The lowest BCUT2D eigenvalue weighted by Crippen LogP contribution is -2.00. The van der Waals surface area contributed by atoms with Gasteiger partial charge < -0.3 is 11.1 Å². The highest BCUT2D eigenvalue weighted by atomic mass is 35.5. The van der Waals surface area contributed by atoms with Crippen molar-refractivity contribution in [2.45, 2.75) is 0 Å².